The summed E-state index contributed by atoms with van der Waals surface area (Å²) in [5.41, 5.74) is 3.39. The number of nitrogens with one attached hydrogen (secondary N) is 2. The number of rotatable bonds is 7. The molecule has 0 radical (unpaired) electrons. The molecule has 0 spiro atoms. The number of aromatic nitrogens is 2. The maximum atomic E-state index is 12.8. The number of hydrogen-bond donors (Lipinski definition) is 2. The maximum absolute atomic E-state index is 12.8. The molecule has 3 rings (SSSR count). The summed E-state index contributed by atoms with van der Waals surface area (Å²) in [6, 6.07) is 18.0. The van der Waals surface area contributed by atoms with Gasteiger partial charge in [-0.2, -0.15) is 0 Å². The van der Waals surface area contributed by atoms with Crippen LogP contribution in [0, 0.1) is 13.8 Å². The Morgan fingerprint density at radius 3 is 2.26 bits per heavy atom. The van der Waals surface area contributed by atoms with Gasteiger partial charge in [0.15, 0.2) is 5.16 Å². The Balaban J connectivity index is 1.67. The van der Waals surface area contributed by atoms with Crippen LogP contribution < -0.4 is 10.6 Å². The zero-order valence-corrected chi connectivity index (χ0v) is 18.4. The molecular formula is C23H24N4O3S. The monoisotopic (exact) mass is 436 g/mol. The van der Waals surface area contributed by atoms with Crippen LogP contribution in [0.2, 0.25) is 0 Å². The van der Waals surface area contributed by atoms with E-state index in [1.807, 2.05) is 62.4 Å². The molecule has 2 N–H and O–H groups in total. The first-order chi connectivity index (χ1) is 14.9. The Kier molecular flexibility index (Phi) is 7.61. The molecule has 2 amide bonds. The standard InChI is InChI=1S/C23H24N4O3S/c1-15-13-16(2)25-22(24-15)31-19-11-9-18(10-12-19)26-21(28)20(27-23(29)30-3)14-17-7-5-4-6-8-17/h4-13,20H,14H2,1-3H3,(H,26,28)(H,27,29). The van der Waals surface area contributed by atoms with E-state index >= 15 is 0 Å². The van der Waals surface area contributed by atoms with Crippen LogP contribution in [0.25, 0.3) is 0 Å². The van der Waals surface area contributed by atoms with Gasteiger partial charge in [0.2, 0.25) is 5.91 Å². The van der Waals surface area contributed by atoms with Crippen molar-refractivity contribution in [2.45, 2.75) is 36.4 Å². The summed E-state index contributed by atoms with van der Waals surface area (Å²) in [6.07, 6.45) is -0.309. The molecule has 1 atom stereocenters. The van der Waals surface area contributed by atoms with Gasteiger partial charge >= 0.3 is 6.09 Å². The molecule has 7 nitrogen and oxygen atoms in total. The number of aryl methyl sites for hydroxylation is 2. The van der Waals surface area contributed by atoms with Crippen molar-refractivity contribution in [3.63, 3.8) is 0 Å². The Morgan fingerprint density at radius 2 is 1.65 bits per heavy atom. The van der Waals surface area contributed by atoms with Crippen LogP contribution in [0.4, 0.5) is 10.5 Å². The Bertz CT molecular complexity index is 1020. The van der Waals surface area contributed by atoms with Gasteiger partial charge in [-0.25, -0.2) is 14.8 Å². The molecule has 0 saturated carbocycles. The molecule has 1 unspecified atom stereocenters. The van der Waals surface area contributed by atoms with E-state index < -0.39 is 12.1 Å². The molecule has 31 heavy (non-hydrogen) atoms. The predicted molar refractivity (Wildman–Crippen MR) is 120 cm³/mol. The van der Waals surface area contributed by atoms with E-state index in [0.717, 1.165) is 21.8 Å². The fraction of sp³-hybridized carbons (Fsp3) is 0.217. The smallest absolute Gasteiger partial charge is 0.407 e. The zero-order valence-electron chi connectivity index (χ0n) is 17.6. The van der Waals surface area contributed by atoms with Crippen molar-refractivity contribution in [3.05, 3.63) is 77.6 Å². The largest absolute Gasteiger partial charge is 0.453 e. The molecule has 0 aliphatic heterocycles. The van der Waals surface area contributed by atoms with Gasteiger partial charge in [0, 0.05) is 28.4 Å². The molecule has 3 aromatic rings. The highest BCUT2D eigenvalue weighted by atomic mass is 32.2. The molecule has 1 aromatic heterocycles. The fourth-order valence-electron chi connectivity index (χ4n) is 2.94. The topological polar surface area (TPSA) is 93.2 Å². The van der Waals surface area contributed by atoms with Gasteiger partial charge in [0.05, 0.1) is 7.11 Å². The summed E-state index contributed by atoms with van der Waals surface area (Å²) in [7, 11) is 1.27. The highest BCUT2D eigenvalue weighted by Crippen LogP contribution is 2.26. The number of carbonyl (C=O) groups excluding carboxylic acids is 2. The van der Waals surface area contributed by atoms with Crippen LogP contribution in [0.3, 0.4) is 0 Å². The average Bonchev–Trinajstić information content (AvgIpc) is 2.74. The van der Waals surface area contributed by atoms with Crippen molar-refractivity contribution in [1.82, 2.24) is 15.3 Å². The average molecular weight is 437 g/mol. The SMILES string of the molecule is COC(=O)NC(Cc1ccccc1)C(=O)Nc1ccc(Sc2nc(C)cc(C)n2)cc1. The minimum atomic E-state index is -0.771. The Labute approximate surface area is 185 Å². The van der Waals surface area contributed by atoms with Gasteiger partial charge in [-0.15, -0.1) is 0 Å². The lowest BCUT2D eigenvalue weighted by atomic mass is 10.1. The number of hydrogen-bond acceptors (Lipinski definition) is 6. The van der Waals surface area contributed by atoms with Crippen molar-refractivity contribution in [1.29, 1.82) is 0 Å². The van der Waals surface area contributed by atoms with E-state index in [1.165, 1.54) is 18.9 Å². The first kappa shape index (κ1) is 22.3. The van der Waals surface area contributed by atoms with E-state index in [4.69, 9.17) is 0 Å². The van der Waals surface area contributed by atoms with Crippen LogP contribution in [0.5, 0.6) is 0 Å². The second-order valence-corrected chi connectivity index (χ2v) is 7.97. The molecule has 1 heterocycles. The fourth-order valence-corrected chi connectivity index (χ4v) is 3.80. The second kappa shape index (κ2) is 10.6. The van der Waals surface area contributed by atoms with E-state index in [2.05, 4.69) is 25.3 Å². The lowest BCUT2D eigenvalue weighted by molar-refractivity contribution is -0.118. The van der Waals surface area contributed by atoms with Crippen LogP contribution >= 0.6 is 11.8 Å². The summed E-state index contributed by atoms with van der Waals surface area (Å²) in [5.74, 6) is -0.327. The molecule has 2 aromatic carbocycles. The number of nitrogens with zero attached hydrogens (tertiary/aromatic N) is 2. The van der Waals surface area contributed by atoms with Gasteiger partial charge < -0.3 is 15.4 Å². The number of anilines is 1. The number of methoxy groups -OCH3 is 1. The molecule has 160 valence electrons. The summed E-state index contributed by atoms with van der Waals surface area (Å²) in [4.78, 5) is 34.3. The molecule has 0 fully saturated rings. The number of carbonyl (C=O) groups is 2. The molecule has 0 saturated heterocycles. The third-order valence-electron chi connectivity index (χ3n) is 4.37. The van der Waals surface area contributed by atoms with Crippen molar-refractivity contribution in [3.8, 4) is 0 Å². The van der Waals surface area contributed by atoms with Gasteiger partial charge in [-0.3, -0.25) is 4.79 Å². The minimum absolute atomic E-state index is 0.327. The number of benzene rings is 2. The van der Waals surface area contributed by atoms with Crippen molar-refractivity contribution < 1.29 is 14.3 Å². The predicted octanol–water partition coefficient (Wildman–Crippen LogP) is 4.15. The summed E-state index contributed by atoms with van der Waals surface area (Å²) in [5, 5.41) is 6.13. The Morgan fingerprint density at radius 1 is 1.00 bits per heavy atom. The highest BCUT2D eigenvalue weighted by Gasteiger charge is 2.22. The molecule has 8 heteroatoms. The van der Waals surface area contributed by atoms with Gasteiger partial charge in [-0.05, 0) is 61.5 Å². The van der Waals surface area contributed by atoms with E-state index in [9.17, 15) is 9.59 Å². The normalized spacial score (nSPS) is 11.5. The Hall–Kier alpha value is -3.39. The first-order valence-electron chi connectivity index (χ1n) is 9.72. The number of ether oxygens (including phenoxy) is 1. The van der Waals surface area contributed by atoms with Gasteiger partial charge in [0.25, 0.3) is 0 Å². The van der Waals surface area contributed by atoms with Crippen LogP contribution in [0.1, 0.15) is 17.0 Å². The molecule has 0 aliphatic carbocycles. The van der Waals surface area contributed by atoms with Crippen molar-refractivity contribution in [2.24, 2.45) is 0 Å². The number of amides is 2. The van der Waals surface area contributed by atoms with Gasteiger partial charge in [0.1, 0.15) is 6.04 Å². The minimum Gasteiger partial charge on any atom is -0.453 e. The zero-order chi connectivity index (χ0) is 22.2. The second-order valence-electron chi connectivity index (χ2n) is 6.93. The van der Waals surface area contributed by atoms with E-state index in [-0.39, 0.29) is 5.91 Å². The lowest BCUT2D eigenvalue weighted by Crippen LogP contribution is -2.45. The maximum Gasteiger partial charge on any atom is 0.407 e. The van der Waals surface area contributed by atoms with Gasteiger partial charge in [-0.1, -0.05) is 30.3 Å². The lowest BCUT2D eigenvalue weighted by Gasteiger charge is -2.18. The van der Waals surface area contributed by atoms with E-state index in [1.54, 1.807) is 12.1 Å². The summed E-state index contributed by atoms with van der Waals surface area (Å²) >= 11 is 1.45. The quantitative estimate of drug-likeness (QED) is 0.541. The molecule has 0 bridgehead atoms. The van der Waals surface area contributed by atoms with Crippen LogP contribution in [-0.4, -0.2) is 35.1 Å². The highest BCUT2D eigenvalue weighted by molar-refractivity contribution is 7.99. The van der Waals surface area contributed by atoms with Crippen LogP contribution in [-0.2, 0) is 16.0 Å². The summed E-state index contributed by atoms with van der Waals surface area (Å²) < 4.78 is 4.66. The first-order valence-corrected chi connectivity index (χ1v) is 10.5. The third kappa shape index (κ3) is 6.82. The van der Waals surface area contributed by atoms with Crippen LogP contribution in [0.15, 0.2) is 70.7 Å². The number of alkyl carbamates (subject to hydrolysis) is 1. The van der Waals surface area contributed by atoms with E-state index in [0.29, 0.717) is 17.3 Å². The molecular weight excluding hydrogens is 412 g/mol. The molecule has 0 aliphatic rings. The third-order valence-corrected chi connectivity index (χ3v) is 5.24. The van der Waals surface area contributed by atoms with Crippen molar-refractivity contribution >= 4 is 29.4 Å². The van der Waals surface area contributed by atoms with Crippen molar-refractivity contribution in [2.75, 3.05) is 12.4 Å². The summed E-state index contributed by atoms with van der Waals surface area (Å²) in [6.45, 7) is 3.87.